The number of rotatable bonds is 7. The number of hydrogen-bond donors (Lipinski definition) is 2. The van der Waals surface area contributed by atoms with E-state index in [-0.39, 0.29) is 0 Å². The number of pyridine rings is 1. The first kappa shape index (κ1) is 19.6. The van der Waals surface area contributed by atoms with Crippen molar-refractivity contribution in [3.8, 4) is 11.8 Å². The topological polar surface area (TPSA) is 117 Å². The van der Waals surface area contributed by atoms with E-state index in [2.05, 4.69) is 43.5 Å². The second-order valence-corrected chi connectivity index (χ2v) is 7.69. The molecule has 1 fully saturated rings. The van der Waals surface area contributed by atoms with Crippen molar-refractivity contribution in [3.63, 3.8) is 0 Å². The van der Waals surface area contributed by atoms with Crippen LogP contribution in [0.1, 0.15) is 24.1 Å². The zero-order chi connectivity index (χ0) is 22.1. The summed E-state index contributed by atoms with van der Waals surface area (Å²) >= 11 is 0. The van der Waals surface area contributed by atoms with Crippen molar-refractivity contribution < 1.29 is 4.74 Å². The summed E-state index contributed by atoms with van der Waals surface area (Å²) < 4.78 is 6.86. The number of nitrogens with two attached hydrogens (primary N) is 1. The number of nitrogens with zero attached hydrogens (tertiary/aromatic N) is 6. The molecule has 32 heavy (non-hydrogen) atoms. The Hall–Kier alpha value is -4.32. The van der Waals surface area contributed by atoms with Crippen LogP contribution in [0.3, 0.4) is 0 Å². The van der Waals surface area contributed by atoms with Crippen LogP contribution in [0.15, 0.2) is 54.7 Å². The van der Waals surface area contributed by atoms with Gasteiger partial charge in [-0.25, -0.2) is 9.97 Å². The standard InChI is InChI=1S/C23H22N8O/c1-32-18-9-5-15(6-10-18)14-30(16-7-8-16)19-11-22(28-21-4-2-3-20(25)27-21)29-31-17(12-24)13-26-23(19)31/h2-6,9-11,13,16H,7-8,14H2,1H3,(H3,25,27,28,29). The van der Waals surface area contributed by atoms with Crippen molar-refractivity contribution in [2.75, 3.05) is 23.1 Å². The molecule has 3 aromatic heterocycles. The summed E-state index contributed by atoms with van der Waals surface area (Å²) in [6.07, 6.45) is 3.76. The lowest BCUT2D eigenvalue weighted by atomic mass is 10.2. The lowest BCUT2D eigenvalue weighted by Gasteiger charge is -2.26. The Labute approximate surface area is 185 Å². The average molecular weight is 426 g/mol. The van der Waals surface area contributed by atoms with Gasteiger partial charge in [0, 0.05) is 18.7 Å². The summed E-state index contributed by atoms with van der Waals surface area (Å²) in [4.78, 5) is 11.1. The van der Waals surface area contributed by atoms with Gasteiger partial charge in [-0.05, 0) is 42.7 Å². The summed E-state index contributed by atoms with van der Waals surface area (Å²) in [7, 11) is 1.66. The largest absolute Gasteiger partial charge is 0.497 e. The molecular formula is C23H22N8O. The third kappa shape index (κ3) is 3.86. The van der Waals surface area contributed by atoms with E-state index in [0.717, 1.165) is 29.8 Å². The maximum Gasteiger partial charge on any atom is 0.178 e. The minimum absolute atomic E-state index is 0.366. The molecule has 160 valence electrons. The summed E-state index contributed by atoms with van der Waals surface area (Å²) in [6, 6.07) is 17.9. The summed E-state index contributed by atoms with van der Waals surface area (Å²) in [5.41, 5.74) is 8.90. The van der Waals surface area contributed by atoms with Crippen molar-refractivity contribution in [2.24, 2.45) is 0 Å². The molecule has 0 spiro atoms. The molecule has 9 heteroatoms. The summed E-state index contributed by atoms with van der Waals surface area (Å²) in [6.45, 7) is 0.707. The fraction of sp³-hybridized carbons (Fsp3) is 0.217. The zero-order valence-corrected chi connectivity index (χ0v) is 17.6. The van der Waals surface area contributed by atoms with Gasteiger partial charge in [-0.15, -0.1) is 5.10 Å². The third-order valence-corrected chi connectivity index (χ3v) is 5.40. The fourth-order valence-corrected chi connectivity index (χ4v) is 3.68. The molecule has 0 bridgehead atoms. The minimum atomic E-state index is 0.366. The number of nitriles is 1. The molecule has 0 aliphatic heterocycles. The molecule has 0 saturated heterocycles. The van der Waals surface area contributed by atoms with Crippen LogP contribution in [-0.2, 0) is 6.54 Å². The van der Waals surface area contributed by atoms with Crippen LogP contribution in [0.25, 0.3) is 5.65 Å². The summed E-state index contributed by atoms with van der Waals surface area (Å²) in [5.74, 6) is 2.37. The van der Waals surface area contributed by atoms with Gasteiger partial charge in [0.15, 0.2) is 17.2 Å². The minimum Gasteiger partial charge on any atom is -0.497 e. The third-order valence-electron chi connectivity index (χ3n) is 5.40. The van der Waals surface area contributed by atoms with Crippen molar-refractivity contribution >= 4 is 28.8 Å². The van der Waals surface area contributed by atoms with E-state index in [0.29, 0.717) is 41.4 Å². The summed E-state index contributed by atoms with van der Waals surface area (Å²) in [5, 5.41) is 17.3. The molecule has 5 rings (SSSR count). The van der Waals surface area contributed by atoms with E-state index >= 15 is 0 Å². The van der Waals surface area contributed by atoms with Gasteiger partial charge in [-0.1, -0.05) is 18.2 Å². The molecule has 0 atom stereocenters. The van der Waals surface area contributed by atoms with E-state index in [9.17, 15) is 5.26 Å². The number of ether oxygens (including phenoxy) is 1. The SMILES string of the molecule is COc1ccc(CN(c2cc(Nc3cccc(N)n3)nn3c(C#N)cnc23)C2CC2)cc1. The van der Waals surface area contributed by atoms with Gasteiger partial charge in [0.2, 0.25) is 0 Å². The molecule has 4 aromatic rings. The number of anilines is 4. The van der Waals surface area contributed by atoms with Gasteiger partial charge in [0.1, 0.15) is 23.5 Å². The highest BCUT2D eigenvalue weighted by Gasteiger charge is 2.31. The molecule has 1 aromatic carbocycles. The zero-order valence-electron chi connectivity index (χ0n) is 17.6. The van der Waals surface area contributed by atoms with E-state index in [1.165, 1.54) is 0 Å². The van der Waals surface area contributed by atoms with Gasteiger partial charge < -0.3 is 20.7 Å². The molecule has 1 aliphatic rings. The molecule has 3 N–H and O–H groups in total. The van der Waals surface area contributed by atoms with Crippen LogP contribution in [0.2, 0.25) is 0 Å². The quantitative estimate of drug-likeness (QED) is 0.461. The first-order chi connectivity index (χ1) is 15.6. The number of aromatic nitrogens is 4. The second kappa shape index (κ2) is 8.07. The molecule has 0 unspecified atom stereocenters. The maximum atomic E-state index is 9.55. The Balaban J connectivity index is 1.57. The lowest BCUT2D eigenvalue weighted by Crippen LogP contribution is -2.26. The van der Waals surface area contributed by atoms with Crippen LogP contribution in [0.4, 0.5) is 23.1 Å². The number of nitrogens with one attached hydrogen (secondary N) is 1. The average Bonchev–Trinajstić information content (AvgIpc) is 3.56. The number of nitrogen functional groups attached to an aromatic ring is 1. The highest BCUT2D eigenvalue weighted by Crippen LogP contribution is 2.36. The van der Waals surface area contributed by atoms with Gasteiger partial charge >= 0.3 is 0 Å². The Kier molecular flexibility index (Phi) is 4.95. The van der Waals surface area contributed by atoms with Gasteiger partial charge in [-0.3, -0.25) is 0 Å². The maximum absolute atomic E-state index is 9.55. The van der Waals surface area contributed by atoms with Crippen LogP contribution in [0, 0.1) is 11.3 Å². The second-order valence-electron chi connectivity index (χ2n) is 7.69. The van der Waals surface area contributed by atoms with Gasteiger partial charge in [0.05, 0.1) is 19.0 Å². The fourth-order valence-electron chi connectivity index (χ4n) is 3.68. The Bertz CT molecular complexity index is 1300. The lowest BCUT2D eigenvalue weighted by molar-refractivity contribution is 0.414. The molecule has 0 amide bonds. The van der Waals surface area contributed by atoms with E-state index in [1.807, 2.05) is 30.3 Å². The van der Waals surface area contributed by atoms with Crippen LogP contribution >= 0.6 is 0 Å². The van der Waals surface area contributed by atoms with E-state index < -0.39 is 0 Å². The highest BCUT2D eigenvalue weighted by atomic mass is 16.5. The number of benzene rings is 1. The van der Waals surface area contributed by atoms with Crippen LogP contribution < -0.4 is 20.7 Å². The normalized spacial score (nSPS) is 13.0. The Morgan fingerprint density at radius 2 is 2.03 bits per heavy atom. The number of imidazole rings is 1. The number of hydrogen-bond acceptors (Lipinski definition) is 8. The predicted octanol–water partition coefficient (Wildman–Crippen LogP) is 3.50. The Morgan fingerprint density at radius 1 is 1.22 bits per heavy atom. The van der Waals surface area contributed by atoms with Gasteiger partial charge in [-0.2, -0.15) is 9.78 Å². The number of fused-ring (bicyclic) bond motifs is 1. The van der Waals surface area contributed by atoms with Crippen molar-refractivity contribution in [1.82, 2.24) is 19.6 Å². The van der Waals surface area contributed by atoms with Crippen molar-refractivity contribution in [3.05, 3.63) is 66.0 Å². The molecular weight excluding hydrogens is 404 g/mol. The predicted molar refractivity (Wildman–Crippen MR) is 122 cm³/mol. The molecule has 1 aliphatic carbocycles. The monoisotopic (exact) mass is 426 g/mol. The molecule has 1 saturated carbocycles. The van der Waals surface area contributed by atoms with Gasteiger partial charge in [0.25, 0.3) is 0 Å². The van der Waals surface area contributed by atoms with Crippen LogP contribution in [0.5, 0.6) is 5.75 Å². The van der Waals surface area contributed by atoms with E-state index in [1.54, 1.807) is 23.9 Å². The Morgan fingerprint density at radius 3 is 2.72 bits per heavy atom. The molecule has 9 nitrogen and oxygen atoms in total. The first-order valence-corrected chi connectivity index (χ1v) is 10.3. The van der Waals surface area contributed by atoms with E-state index in [4.69, 9.17) is 10.5 Å². The number of methoxy groups -OCH3 is 1. The molecule has 0 radical (unpaired) electrons. The molecule has 3 heterocycles. The van der Waals surface area contributed by atoms with Crippen LogP contribution in [-0.4, -0.2) is 32.7 Å². The highest BCUT2D eigenvalue weighted by molar-refractivity contribution is 5.74. The first-order valence-electron chi connectivity index (χ1n) is 10.3. The smallest absolute Gasteiger partial charge is 0.178 e. The van der Waals surface area contributed by atoms with Crippen molar-refractivity contribution in [2.45, 2.75) is 25.4 Å². The van der Waals surface area contributed by atoms with Crippen molar-refractivity contribution in [1.29, 1.82) is 5.26 Å².